The van der Waals surface area contributed by atoms with Gasteiger partial charge >= 0.3 is 0 Å². The van der Waals surface area contributed by atoms with E-state index in [9.17, 15) is 13.6 Å². The molecule has 0 radical (unpaired) electrons. The number of likely N-dealkylation sites (N-methyl/N-ethyl adjacent to an activating group) is 1. The Balaban J connectivity index is 3.82. The predicted molar refractivity (Wildman–Crippen MR) is 33.6 cm³/mol. The van der Waals surface area contributed by atoms with Crippen LogP contribution in [0.25, 0.3) is 0 Å². The van der Waals surface area contributed by atoms with Crippen molar-refractivity contribution in [2.75, 3.05) is 20.8 Å². The van der Waals surface area contributed by atoms with Crippen LogP contribution in [0.15, 0.2) is 0 Å². The van der Waals surface area contributed by atoms with E-state index in [4.69, 9.17) is 0 Å². The number of hydrogen-bond acceptors (Lipinski definition) is 4. The van der Waals surface area contributed by atoms with Crippen molar-refractivity contribution in [3.63, 3.8) is 0 Å². The summed E-state index contributed by atoms with van der Waals surface area (Å²) in [7, 11) is 2.48. The lowest BCUT2D eigenvalue weighted by molar-refractivity contribution is -0.129. The number of ether oxygens (including phenoxy) is 1. The van der Waals surface area contributed by atoms with Gasteiger partial charge in [-0.05, 0) is 0 Å². The van der Waals surface area contributed by atoms with E-state index in [1.165, 1.54) is 7.11 Å². The van der Waals surface area contributed by atoms with Gasteiger partial charge in [0.15, 0.2) is 0 Å². The fourth-order valence-electron chi connectivity index (χ4n) is 0.298. The molecular formula is C4H8NO4S-. The molecule has 0 heterocycles. The molecule has 0 saturated heterocycles. The standard InChI is InChI=1S/C4H9NO4S/c1-5(10(7)8)4(6)3-9-2/h3H2,1-2H3,(H,7,8)/p-1. The van der Waals surface area contributed by atoms with Crippen LogP contribution in [0.3, 0.4) is 0 Å². The van der Waals surface area contributed by atoms with Crippen LogP contribution in [0.4, 0.5) is 0 Å². The molecule has 60 valence electrons. The highest BCUT2D eigenvalue weighted by atomic mass is 32.2. The van der Waals surface area contributed by atoms with E-state index in [0.717, 1.165) is 7.05 Å². The van der Waals surface area contributed by atoms with Crippen LogP contribution in [-0.2, 0) is 20.8 Å². The van der Waals surface area contributed by atoms with Crippen LogP contribution in [0.5, 0.6) is 0 Å². The van der Waals surface area contributed by atoms with Gasteiger partial charge < -0.3 is 9.29 Å². The first-order chi connectivity index (χ1) is 4.59. The lowest BCUT2D eigenvalue weighted by atomic mass is 10.7. The van der Waals surface area contributed by atoms with Gasteiger partial charge in [0, 0.05) is 25.4 Å². The minimum absolute atomic E-state index is 0.218. The molecule has 0 spiro atoms. The number of nitrogens with zero attached hydrogens (tertiary/aromatic N) is 1. The van der Waals surface area contributed by atoms with Crippen molar-refractivity contribution in [2.24, 2.45) is 0 Å². The summed E-state index contributed by atoms with van der Waals surface area (Å²) in [5, 5.41) is 0. The van der Waals surface area contributed by atoms with Crippen molar-refractivity contribution >= 4 is 17.2 Å². The fraction of sp³-hybridized carbons (Fsp3) is 0.750. The number of carbonyl (C=O) groups is 1. The smallest absolute Gasteiger partial charge is 0.259 e. The normalized spacial score (nSPS) is 12.7. The van der Waals surface area contributed by atoms with Crippen molar-refractivity contribution in [3.05, 3.63) is 0 Å². The summed E-state index contributed by atoms with van der Waals surface area (Å²) in [5.41, 5.74) is 0. The maximum Gasteiger partial charge on any atom is 0.259 e. The third-order valence-corrected chi connectivity index (χ3v) is 1.49. The van der Waals surface area contributed by atoms with Crippen LogP contribution < -0.4 is 0 Å². The molecule has 0 N–H and O–H groups in total. The Hall–Kier alpha value is -0.460. The highest BCUT2D eigenvalue weighted by molar-refractivity contribution is 7.77. The zero-order valence-corrected chi connectivity index (χ0v) is 6.51. The van der Waals surface area contributed by atoms with Crippen molar-refractivity contribution in [3.8, 4) is 0 Å². The number of carbonyl (C=O) groups excluding carboxylic acids is 1. The highest BCUT2D eigenvalue weighted by Crippen LogP contribution is 1.87. The molecule has 0 aromatic heterocycles. The first-order valence-corrected chi connectivity index (χ1v) is 3.47. The number of methoxy groups -OCH3 is 1. The Bertz CT molecular complexity index is 148. The fourth-order valence-corrected chi connectivity index (χ4v) is 0.516. The lowest BCUT2D eigenvalue weighted by Gasteiger charge is -2.17. The average molecular weight is 166 g/mol. The minimum atomic E-state index is -2.49. The predicted octanol–water partition coefficient (Wildman–Crippen LogP) is -1.11. The monoisotopic (exact) mass is 166 g/mol. The summed E-state index contributed by atoms with van der Waals surface area (Å²) < 4.78 is 25.1. The first kappa shape index (κ1) is 9.54. The Morgan fingerprint density at radius 2 is 2.30 bits per heavy atom. The molecule has 5 nitrogen and oxygen atoms in total. The molecule has 1 unspecified atom stereocenters. The second-order valence-corrected chi connectivity index (χ2v) is 2.52. The Labute approximate surface area is 61.4 Å². The molecule has 0 aliphatic heterocycles. The van der Waals surface area contributed by atoms with Gasteiger partial charge in [0.05, 0.1) is 0 Å². The first-order valence-electron chi connectivity index (χ1n) is 2.44. The Morgan fingerprint density at radius 1 is 1.80 bits per heavy atom. The average Bonchev–Trinajstić information content (AvgIpc) is 1.87. The second kappa shape index (κ2) is 4.37. The molecule has 0 fully saturated rings. The molecule has 0 bridgehead atoms. The van der Waals surface area contributed by atoms with Crippen LogP contribution in [0, 0.1) is 0 Å². The second-order valence-electron chi connectivity index (χ2n) is 1.54. The lowest BCUT2D eigenvalue weighted by Crippen LogP contribution is -2.31. The molecule has 0 aromatic rings. The summed E-state index contributed by atoms with van der Waals surface area (Å²) in [4.78, 5) is 10.6. The summed E-state index contributed by atoms with van der Waals surface area (Å²) in [5.74, 6) is -0.587. The zero-order valence-electron chi connectivity index (χ0n) is 5.70. The van der Waals surface area contributed by atoms with Gasteiger partial charge in [0.1, 0.15) is 6.61 Å². The van der Waals surface area contributed by atoms with Crippen molar-refractivity contribution in [1.82, 2.24) is 4.31 Å². The van der Waals surface area contributed by atoms with Gasteiger partial charge in [0.2, 0.25) is 0 Å². The number of amides is 1. The molecule has 10 heavy (non-hydrogen) atoms. The molecular weight excluding hydrogens is 158 g/mol. The minimum Gasteiger partial charge on any atom is -0.755 e. The molecule has 0 aliphatic rings. The quantitative estimate of drug-likeness (QED) is 0.498. The summed E-state index contributed by atoms with van der Waals surface area (Å²) >= 11 is -2.49. The molecule has 0 aromatic carbocycles. The Morgan fingerprint density at radius 3 is 2.60 bits per heavy atom. The molecule has 0 rings (SSSR count). The maximum atomic E-state index is 10.6. The van der Waals surface area contributed by atoms with E-state index in [1.807, 2.05) is 0 Å². The van der Waals surface area contributed by atoms with Crippen LogP contribution in [-0.4, -0.2) is 39.7 Å². The van der Waals surface area contributed by atoms with Gasteiger partial charge in [0.25, 0.3) is 5.91 Å². The van der Waals surface area contributed by atoms with Gasteiger partial charge in [-0.25, -0.2) is 0 Å². The highest BCUT2D eigenvalue weighted by Gasteiger charge is 2.06. The molecule has 1 amide bonds. The van der Waals surface area contributed by atoms with Gasteiger partial charge in [-0.1, -0.05) is 0 Å². The van der Waals surface area contributed by atoms with Gasteiger partial charge in [-0.15, -0.1) is 0 Å². The van der Waals surface area contributed by atoms with Crippen LogP contribution >= 0.6 is 0 Å². The van der Waals surface area contributed by atoms with E-state index < -0.39 is 17.2 Å². The number of hydrogen-bond donors (Lipinski definition) is 0. The largest absolute Gasteiger partial charge is 0.755 e. The topological polar surface area (TPSA) is 69.7 Å². The van der Waals surface area contributed by atoms with E-state index in [-0.39, 0.29) is 6.61 Å². The van der Waals surface area contributed by atoms with Crippen LogP contribution in [0.2, 0.25) is 0 Å². The third-order valence-electron chi connectivity index (χ3n) is 0.843. The Kier molecular flexibility index (Phi) is 4.17. The maximum absolute atomic E-state index is 10.6. The van der Waals surface area contributed by atoms with Crippen molar-refractivity contribution in [2.45, 2.75) is 0 Å². The summed E-state index contributed by atoms with van der Waals surface area (Å²) in [6, 6.07) is 0. The molecule has 6 heteroatoms. The summed E-state index contributed by atoms with van der Waals surface area (Å²) in [6.07, 6.45) is 0. The molecule has 0 saturated carbocycles. The van der Waals surface area contributed by atoms with E-state index in [0.29, 0.717) is 4.31 Å². The third kappa shape index (κ3) is 2.90. The van der Waals surface area contributed by atoms with Crippen molar-refractivity contribution in [1.29, 1.82) is 0 Å². The van der Waals surface area contributed by atoms with E-state index in [1.54, 1.807) is 0 Å². The van der Waals surface area contributed by atoms with Crippen molar-refractivity contribution < 1.29 is 18.3 Å². The molecule has 1 atom stereocenters. The number of rotatable bonds is 3. The van der Waals surface area contributed by atoms with E-state index in [2.05, 4.69) is 4.74 Å². The SMILES string of the molecule is COCC(=O)N(C)S(=O)[O-]. The van der Waals surface area contributed by atoms with E-state index >= 15 is 0 Å². The van der Waals surface area contributed by atoms with Crippen LogP contribution in [0.1, 0.15) is 0 Å². The van der Waals surface area contributed by atoms with Gasteiger partial charge in [-0.2, -0.15) is 0 Å². The summed E-state index contributed by atoms with van der Waals surface area (Å²) in [6.45, 7) is -0.218. The van der Waals surface area contributed by atoms with Gasteiger partial charge in [-0.3, -0.25) is 13.3 Å². The zero-order chi connectivity index (χ0) is 8.15. The molecule has 0 aliphatic carbocycles.